The lowest BCUT2D eigenvalue weighted by Gasteiger charge is -2.14. The van der Waals surface area contributed by atoms with Crippen molar-refractivity contribution < 1.29 is 19.0 Å². The summed E-state index contributed by atoms with van der Waals surface area (Å²) in [6, 6.07) is 12.6. The number of aliphatic hydroxyl groups is 1. The molecular weight excluding hydrogens is 311 g/mol. The molecule has 0 saturated heterocycles. The molecule has 0 aromatic heterocycles. The van der Waals surface area contributed by atoms with Crippen molar-refractivity contribution in [2.45, 2.75) is 26.0 Å². The van der Waals surface area contributed by atoms with Crippen molar-refractivity contribution in [1.82, 2.24) is 5.32 Å². The quantitative estimate of drug-likeness (QED) is 0.728. The Morgan fingerprint density at radius 1 is 1.25 bits per heavy atom. The maximum atomic E-state index is 12.9. The summed E-state index contributed by atoms with van der Waals surface area (Å²) in [6.07, 6.45) is 0.494. The zero-order valence-electron chi connectivity index (χ0n) is 13.5. The third-order valence-electron chi connectivity index (χ3n) is 3.35. The highest BCUT2D eigenvalue weighted by Gasteiger charge is 2.07. The van der Waals surface area contributed by atoms with Gasteiger partial charge in [0.05, 0.1) is 0 Å². The van der Waals surface area contributed by atoms with Crippen molar-refractivity contribution in [1.29, 1.82) is 0 Å². The molecule has 6 heteroatoms. The number of urea groups is 1. The summed E-state index contributed by atoms with van der Waals surface area (Å²) in [4.78, 5) is 11.8. The van der Waals surface area contributed by atoms with Crippen LogP contribution >= 0.6 is 0 Å². The van der Waals surface area contributed by atoms with Gasteiger partial charge in [0.1, 0.15) is 18.2 Å². The minimum atomic E-state index is -0.341. The average molecular weight is 332 g/mol. The third-order valence-corrected chi connectivity index (χ3v) is 3.35. The van der Waals surface area contributed by atoms with Gasteiger partial charge in [-0.05, 0) is 43.2 Å². The van der Waals surface area contributed by atoms with Gasteiger partial charge in [0, 0.05) is 24.4 Å². The molecule has 2 amide bonds. The summed E-state index contributed by atoms with van der Waals surface area (Å²) >= 11 is 0. The number of aliphatic hydroxyl groups excluding tert-OH is 1. The Kier molecular flexibility index (Phi) is 6.57. The highest BCUT2D eigenvalue weighted by molar-refractivity contribution is 5.89. The second kappa shape index (κ2) is 8.88. The lowest BCUT2D eigenvalue weighted by atomic mass is 10.2. The van der Waals surface area contributed by atoms with Crippen molar-refractivity contribution >= 4 is 11.7 Å². The van der Waals surface area contributed by atoms with Crippen LogP contribution in [-0.4, -0.2) is 23.8 Å². The molecule has 0 aliphatic heterocycles. The molecule has 128 valence electrons. The van der Waals surface area contributed by atoms with Crippen molar-refractivity contribution in [3.05, 3.63) is 59.9 Å². The van der Waals surface area contributed by atoms with Crippen LogP contribution in [0.1, 0.15) is 18.9 Å². The molecule has 0 aliphatic rings. The Bertz CT molecular complexity index is 662. The smallest absolute Gasteiger partial charge is 0.319 e. The van der Waals surface area contributed by atoms with E-state index >= 15 is 0 Å². The first-order valence-corrected chi connectivity index (χ1v) is 7.72. The molecule has 0 bridgehead atoms. The Morgan fingerprint density at radius 2 is 2.00 bits per heavy atom. The molecule has 0 spiro atoms. The molecule has 2 rings (SSSR count). The van der Waals surface area contributed by atoms with Gasteiger partial charge >= 0.3 is 6.03 Å². The van der Waals surface area contributed by atoms with Crippen LogP contribution in [0.15, 0.2) is 48.5 Å². The van der Waals surface area contributed by atoms with E-state index in [1.165, 1.54) is 12.1 Å². The van der Waals surface area contributed by atoms with Gasteiger partial charge in [-0.25, -0.2) is 9.18 Å². The normalized spacial score (nSPS) is 11.6. The minimum Gasteiger partial charge on any atom is -0.489 e. The van der Waals surface area contributed by atoms with E-state index in [2.05, 4.69) is 10.6 Å². The maximum absolute atomic E-state index is 12.9. The summed E-state index contributed by atoms with van der Waals surface area (Å²) in [5, 5.41) is 14.3. The molecule has 0 fully saturated rings. The Morgan fingerprint density at radius 3 is 2.71 bits per heavy atom. The topological polar surface area (TPSA) is 70.6 Å². The van der Waals surface area contributed by atoms with E-state index in [1.54, 1.807) is 36.4 Å². The Labute approximate surface area is 140 Å². The van der Waals surface area contributed by atoms with Crippen LogP contribution < -0.4 is 15.4 Å². The first kappa shape index (κ1) is 17.7. The summed E-state index contributed by atoms with van der Waals surface area (Å²) in [5.74, 6) is 0.312. The number of carbonyl (C=O) groups is 1. The lowest BCUT2D eigenvalue weighted by molar-refractivity contribution is 0.241. The molecule has 2 aromatic rings. The predicted octanol–water partition coefficient (Wildman–Crippen LogP) is 3.30. The highest BCUT2D eigenvalue weighted by atomic mass is 19.1. The van der Waals surface area contributed by atoms with Gasteiger partial charge in [0.25, 0.3) is 0 Å². The van der Waals surface area contributed by atoms with Crippen LogP contribution in [0.5, 0.6) is 5.75 Å². The summed E-state index contributed by atoms with van der Waals surface area (Å²) in [7, 11) is 0. The monoisotopic (exact) mass is 332 g/mol. The molecule has 0 heterocycles. The van der Waals surface area contributed by atoms with Crippen LogP contribution in [0.4, 0.5) is 14.9 Å². The number of anilines is 1. The molecule has 2 aromatic carbocycles. The SMILES string of the molecule is C[C@H](CCO)NC(=O)Nc1cccc(OCc2ccc(F)cc2)c1. The fourth-order valence-corrected chi connectivity index (χ4v) is 2.07. The van der Waals surface area contributed by atoms with Gasteiger partial charge in [-0.1, -0.05) is 18.2 Å². The van der Waals surface area contributed by atoms with Gasteiger partial charge in [-0.15, -0.1) is 0 Å². The number of carbonyl (C=O) groups excluding carboxylic acids is 1. The second-order valence-electron chi connectivity index (χ2n) is 5.45. The van der Waals surface area contributed by atoms with Crippen molar-refractivity contribution in [2.24, 2.45) is 0 Å². The van der Waals surface area contributed by atoms with Crippen molar-refractivity contribution in [3.63, 3.8) is 0 Å². The number of amides is 2. The number of benzene rings is 2. The van der Waals surface area contributed by atoms with E-state index in [9.17, 15) is 9.18 Å². The molecule has 3 N–H and O–H groups in total. The molecule has 0 aliphatic carbocycles. The fraction of sp³-hybridized carbons (Fsp3) is 0.278. The summed E-state index contributed by atoms with van der Waals surface area (Å²) in [5.41, 5.74) is 1.45. The van der Waals surface area contributed by atoms with E-state index in [4.69, 9.17) is 9.84 Å². The molecule has 5 nitrogen and oxygen atoms in total. The minimum absolute atomic E-state index is 0.0220. The Hall–Kier alpha value is -2.60. The first-order chi connectivity index (χ1) is 11.6. The second-order valence-corrected chi connectivity index (χ2v) is 5.45. The largest absolute Gasteiger partial charge is 0.489 e. The van der Waals surface area contributed by atoms with Gasteiger partial charge in [-0.3, -0.25) is 0 Å². The number of nitrogens with one attached hydrogen (secondary N) is 2. The lowest BCUT2D eigenvalue weighted by Crippen LogP contribution is -2.36. The number of hydrogen-bond acceptors (Lipinski definition) is 3. The van der Waals surface area contributed by atoms with Crippen molar-refractivity contribution in [3.8, 4) is 5.75 Å². The van der Waals surface area contributed by atoms with Crippen molar-refractivity contribution in [2.75, 3.05) is 11.9 Å². The van der Waals surface area contributed by atoms with Crippen LogP contribution in [0.3, 0.4) is 0 Å². The number of hydrogen-bond donors (Lipinski definition) is 3. The van der Waals surface area contributed by atoms with Crippen LogP contribution in [0.25, 0.3) is 0 Å². The van der Waals surface area contributed by atoms with Crippen LogP contribution in [0, 0.1) is 5.82 Å². The van der Waals surface area contributed by atoms with Gasteiger partial charge in [-0.2, -0.15) is 0 Å². The predicted molar refractivity (Wildman–Crippen MR) is 90.5 cm³/mol. The van der Waals surface area contributed by atoms with Gasteiger partial charge < -0.3 is 20.5 Å². The average Bonchev–Trinajstić information content (AvgIpc) is 2.54. The molecule has 0 unspecified atom stereocenters. The highest BCUT2D eigenvalue weighted by Crippen LogP contribution is 2.18. The molecule has 1 atom stereocenters. The molecular formula is C18H21FN2O3. The Balaban J connectivity index is 1.88. The number of ether oxygens (including phenoxy) is 1. The summed E-state index contributed by atoms with van der Waals surface area (Å²) in [6.45, 7) is 2.15. The molecule has 0 saturated carbocycles. The van der Waals surface area contributed by atoms with Crippen LogP contribution in [-0.2, 0) is 6.61 Å². The molecule has 0 radical (unpaired) electrons. The van der Waals surface area contributed by atoms with Crippen LogP contribution in [0.2, 0.25) is 0 Å². The van der Waals surface area contributed by atoms with Gasteiger partial charge in [0.2, 0.25) is 0 Å². The zero-order chi connectivity index (χ0) is 17.4. The van der Waals surface area contributed by atoms with Gasteiger partial charge in [0.15, 0.2) is 0 Å². The van der Waals surface area contributed by atoms with E-state index in [-0.39, 0.29) is 24.5 Å². The fourth-order valence-electron chi connectivity index (χ4n) is 2.07. The van der Waals surface area contributed by atoms with E-state index in [0.717, 1.165) is 5.56 Å². The third kappa shape index (κ3) is 5.89. The molecule has 24 heavy (non-hydrogen) atoms. The standard InChI is InChI=1S/C18H21FN2O3/c1-13(9-10-22)20-18(23)21-16-3-2-4-17(11-16)24-12-14-5-7-15(19)8-6-14/h2-8,11,13,22H,9-10,12H2,1H3,(H2,20,21,23)/t13-/m1/s1. The van der Waals surface area contributed by atoms with E-state index in [0.29, 0.717) is 24.5 Å². The van der Waals surface area contributed by atoms with E-state index in [1.807, 2.05) is 6.92 Å². The first-order valence-electron chi connectivity index (χ1n) is 7.72. The number of rotatable bonds is 7. The number of halogens is 1. The zero-order valence-corrected chi connectivity index (χ0v) is 13.5. The maximum Gasteiger partial charge on any atom is 0.319 e. The summed E-state index contributed by atoms with van der Waals surface area (Å²) < 4.78 is 18.5. The van der Waals surface area contributed by atoms with E-state index < -0.39 is 0 Å².